The minimum atomic E-state index is -0.830. The van der Waals surface area contributed by atoms with Crippen LogP contribution in [0.25, 0.3) is 0 Å². The lowest BCUT2D eigenvalue weighted by atomic mass is 9.98. The summed E-state index contributed by atoms with van der Waals surface area (Å²) < 4.78 is 0. The van der Waals surface area contributed by atoms with Crippen molar-refractivity contribution in [2.24, 2.45) is 5.92 Å². The SMILES string of the molecule is C#CCC(CC)NC(=O)N1CCCC(C(=O)O)C1. The molecule has 2 N–H and O–H groups in total. The van der Waals surface area contributed by atoms with Gasteiger partial charge in [0, 0.05) is 25.6 Å². The first-order valence-corrected chi connectivity index (χ1v) is 6.30. The fourth-order valence-corrected chi connectivity index (χ4v) is 2.07. The maximum Gasteiger partial charge on any atom is 0.317 e. The van der Waals surface area contributed by atoms with Gasteiger partial charge in [-0.3, -0.25) is 4.79 Å². The number of piperidine rings is 1. The molecule has 5 nitrogen and oxygen atoms in total. The van der Waals surface area contributed by atoms with Crippen molar-refractivity contribution in [3.63, 3.8) is 0 Å². The number of carboxylic acids is 1. The number of carboxylic acid groups (broad SMARTS) is 1. The average Bonchev–Trinajstić information content (AvgIpc) is 2.38. The van der Waals surface area contributed by atoms with Crippen LogP contribution in [0.4, 0.5) is 4.79 Å². The van der Waals surface area contributed by atoms with Crippen LogP contribution in [0, 0.1) is 18.3 Å². The molecule has 2 amide bonds. The van der Waals surface area contributed by atoms with Crippen molar-refractivity contribution in [2.45, 2.75) is 38.6 Å². The number of carbonyl (C=O) groups is 2. The smallest absolute Gasteiger partial charge is 0.317 e. The molecule has 5 heteroatoms. The molecule has 1 rings (SSSR count). The molecule has 2 atom stereocenters. The second kappa shape index (κ2) is 6.90. The molecular formula is C13H20N2O3. The molecular weight excluding hydrogens is 232 g/mol. The van der Waals surface area contributed by atoms with Crippen molar-refractivity contribution in [3.8, 4) is 12.3 Å². The van der Waals surface area contributed by atoms with Crippen LogP contribution in [0.2, 0.25) is 0 Å². The monoisotopic (exact) mass is 252 g/mol. The Morgan fingerprint density at radius 2 is 2.33 bits per heavy atom. The number of terminal acetylenes is 1. The quantitative estimate of drug-likeness (QED) is 0.741. The zero-order valence-corrected chi connectivity index (χ0v) is 10.7. The average molecular weight is 252 g/mol. The highest BCUT2D eigenvalue weighted by Crippen LogP contribution is 2.16. The zero-order chi connectivity index (χ0) is 13.5. The van der Waals surface area contributed by atoms with Crippen LogP contribution in [-0.2, 0) is 4.79 Å². The van der Waals surface area contributed by atoms with Gasteiger partial charge < -0.3 is 15.3 Å². The molecule has 0 aromatic carbocycles. The summed E-state index contributed by atoms with van der Waals surface area (Å²) in [4.78, 5) is 24.5. The maximum absolute atomic E-state index is 12.0. The van der Waals surface area contributed by atoms with E-state index in [0.29, 0.717) is 19.4 Å². The summed E-state index contributed by atoms with van der Waals surface area (Å²) in [6.07, 6.45) is 7.87. The number of likely N-dealkylation sites (tertiary alicyclic amines) is 1. The van der Waals surface area contributed by atoms with Gasteiger partial charge in [-0.2, -0.15) is 0 Å². The fraction of sp³-hybridized carbons (Fsp3) is 0.692. The van der Waals surface area contributed by atoms with Crippen molar-refractivity contribution in [2.75, 3.05) is 13.1 Å². The molecule has 1 saturated heterocycles. The summed E-state index contributed by atoms with van der Waals surface area (Å²) in [5, 5.41) is 11.8. The van der Waals surface area contributed by atoms with Crippen molar-refractivity contribution >= 4 is 12.0 Å². The number of hydrogen-bond donors (Lipinski definition) is 2. The largest absolute Gasteiger partial charge is 0.481 e. The Kier molecular flexibility index (Phi) is 5.50. The Morgan fingerprint density at radius 3 is 2.89 bits per heavy atom. The van der Waals surface area contributed by atoms with Crippen LogP contribution in [0.5, 0.6) is 0 Å². The maximum atomic E-state index is 12.0. The first-order valence-electron chi connectivity index (χ1n) is 6.30. The lowest BCUT2D eigenvalue weighted by Gasteiger charge is -2.31. The summed E-state index contributed by atoms with van der Waals surface area (Å²) in [7, 11) is 0. The Bertz CT molecular complexity index is 349. The first-order chi connectivity index (χ1) is 8.58. The van der Waals surface area contributed by atoms with E-state index < -0.39 is 11.9 Å². The fourth-order valence-electron chi connectivity index (χ4n) is 2.07. The molecule has 0 radical (unpaired) electrons. The van der Waals surface area contributed by atoms with Gasteiger partial charge in [0.2, 0.25) is 0 Å². The van der Waals surface area contributed by atoms with Crippen LogP contribution in [-0.4, -0.2) is 41.1 Å². The van der Waals surface area contributed by atoms with E-state index in [1.165, 1.54) is 0 Å². The van der Waals surface area contributed by atoms with Crippen LogP contribution >= 0.6 is 0 Å². The van der Waals surface area contributed by atoms with Crippen LogP contribution in [0.15, 0.2) is 0 Å². The third kappa shape index (κ3) is 3.95. The number of nitrogens with one attached hydrogen (secondary N) is 1. The van der Waals surface area contributed by atoms with E-state index in [-0.39, 0.29) is 18.6 Å². The molecule has 1 heterocycles. The molecule has 0 spiro atoms. The number of hydrogen-bond acceptors (Lipinski definition) is 2. The van der Waals surface area contributed by atoms with E-state index in [9.17, 15) is 9.59 Å². The van der Waals surface area contributed by atoms with Gasteiger partial charge >= 0.3 is 12.0 Å². The second-order valence-corrected chi connectivity index (χ2v) is 4.59. The van der Waals surface area contributed by atoms with Crippen LogP contribution in [0.3, 0.4) is 0 Å². The normalized spacial score (nSPS) is 20.9. The van der Waals surface area contributed by atoms with E-state index in [4.69, 9.17) is 11.5 Å². The van der Waals surface area contributed by atoms with Gasteiger partial charge in [-0.05, 0) is 19.3 Å². The first kappa shape index (κ1) is 14.4. The van der Waals surface area contributed by atoms with Gasteiger partial charge in [-0.25, -0.2) is 4.79 Å². The van der Waals surface area contributed by atoms with Gasteiger partial charge in [0.05, 0.1) is 5.92 Å². The van der Waals surface area contributed by atoms with Gasteiger partial charge in [0.25, 0.3) is 0 Å². The summed E-state index contributed by atoms with van der Waals surface area (Å²) >= 11 is 0. The molecule has 0 bridgehead atoms. The van der Waals surface area contributed by atoms with E-state index in [0.717, 1.165) is 12.8 Å². The van der Waals surface area contributed by atoms with Crippen molar-refractivity contribution in [3.05, 3.63) is 0 Å². The standard InChI is InChI=1S/C13H20N2O3/c1-3-6-11(4-2)14-13(18)15-8-5-7-10(9-15)12(16)17/h1,10-11H,4-9H2,2H3,(H,14,18)(H,16,17). The van der Waals surface area contributed by atoms with Crippen molar-refractivity contribution in [1.29, 1.82) is 0 Å². The Labute approximate surface area is 108 Å². The van der Waals surface area contributed by atoms with Crippen molar-refractivity contribution in [1.82, 2.24) is 10.2 Å². The molecule has 0 saturated carbocycles. The molecule has 0 aromatic heterocycles. The molecule has 1 aliphatic heterocycles. The van der Waals surface area contributed by atoms with Crippen LogP contribution < -0.4 is 5.32 Å². The van der Waals surface area contributed by atoms with Gasteiger partial charge in [0.1, 0.15) is 0 Å². The molecule has 0 aromatic rings. The minimum absolute atomic E-state index is 0.0345. The highest BCUT2D eigenvalue weighted by atomic mass is 16.4. The topological polar surface area (TPSA) is 69.6 Å². The minimum Gasteiger partial charge on any atom is -0.481 e. The Morgan fingerprint density at radius 1 is 1.61 bits per heavy atom. The van der Waals surface area contributed by atoms with Crippen LogP contribution in [0.1, 0.15) is 32.6 Å². The molecule has 1 fully saturated rings. The molecule has 0 aliphatic carbocycles. The molecule has 2 unspecified atom stereocenters. The van der Waals surface area contributed by atoms with Gasteiger partial charge in [-0.1, -0.05) is 6.92 Å². The van der Waals surface area contributed by atoms with Gasteiger partial charge in [-0.15, -0.1) is 12.3 Å². The third-order valence-electron chi connectivity index (χ3n) is 3.24. The lowest BCUT2D eigenvalue weighted by molar-refractivity contribution is -0.143. The highest BCUT2D eigenvalue weighted by molar-refractivity contribution is 5.76. The Hall–Kier alpha value is -1.70. The number of nitrogens with zero attached hydrogens (tertiary/aromatic N) is 1. The predicted molar refractivity (Wildman–Crippen MR) is 68.0 cm³/mol. The number of carbonyl (C=O) groups excluding carboxylic acids is 1. The zero-order valence-electron chi connectivity index (χ0n) is 10.7. The third-order valence-corrected chi connectivity index (χ3v) is 3.24. The van der Waals surface area contributed by atoms with E-state index in [1.54, 1.807) is 4.90 Å². The summed E-state index contributed by atoms with van der Waals surface area (Å²) in [5.41, 5.74) is 0. The lowest BCUT2D eigenvalue weighted by Crippen LogP contribution is -2.49. The number of amides is 2. The number of rotatable bonds is 4. The molecule has 1 aliphatic rings. The number of urea groups is 1. The molecule has 18 heavy (non-hydrogen) atoms. The summed E-state index contributed by atoms with van der Waals surface area (Å²) in [6, 6.07) is -0.240. The Balaban J connectivity index is 2.50. The second-order valence-electron chi connectivity index (χ2n) is 4.59. The van der Waals surface area contributed by atoms with E-state index >= 15 is 0 Å². The van der Waals surface area contributed by atoms with Gasteiger partial charge in [0.15, 0.2) is 0 Å². The predicted octanol–water partition coefficient (Wildman–Crippen LogP) is 1.29. The van der Waals surface area contributed by atoms with E-state index in [2.05, 4.69) is 11.2 Å². The van der Waals surface area contributed by atoms with E-state index in [1.807, 2.05) is 6.92 Å². The number of aliphatic carboxylic acids is 1. The van der Waals surface area contributed by atoms with Crippen molar-refractivity contribution < 1.29 is 14.7 Å². The summed E-state index contributed by atoms with van der Waals surface area (Å²) in [6.45, 7) is 2.86. The summed E-state index contributed by atoms with van der Waals surface area (Å²) in [5.74, 6) is 1.25. The molecule has 100 valence electrons. The highest BCUT2D eigenvalue weighted by Gasteiger charge is 2.28.